The molecule has 0 saturated heterocycles. The van der Waals surface area contributed by atoms with Crippen LogP contribution < -0.4 is 10.1 Å². The van der Waals surface area contributed by atoms with Gasteiger partial charge in [-0.2, -0.15) is 5.10 Å². The first-order chi connectivity index (χ1) is 15.2. The second-order valence-corrected chi connectivity index (χ2v) is 8.21. The number of hydrogen-bond acceptors (Lipinski definition) is 3. The normalized spacial score (nSPS) is 17.8. The van der Waals surface area contributed by atoms with Crippen molar-refractivity contribution in [3.05, 3.63) is 89.6 Å². The fourth-order valence-electron chi connectivity index (χ4n) is 4.46. The van der Waals surface area contributed by atoms with E-state index >= 15 is 0 Å². The third-order valence-electron chi connectivity index (χ3n) is 6.24. The van der Waals surface area contributed by atoms with Crippen molar-refractivity contribution in [2.75, 3.05) is 12.4 Å². The van der Waals surface area contributed by atoms with Crippen molar-refractivity contribution < 1.29 is 9.53 Å². The highest BCUT2D eigenvalue weighted by Gasteiger charge is 2.33. The molecule has 5 heteroatoms. The van der Waals surface area contributed by atoms with E-state index in [0.29, 0.717) is 24.1 Å². The minimum Gasteiger partial charge on any atom is -0.497 e. The molecule has 3 aromatic carbocycles. The molecule has 1 heterocycles. The Bertz CT molecular complexity index is 1220. The maximum Gasteiger partial charge on any atom is 0.230 e. The molecule has 1 amide bonds. The molecule has 1 aliphatic carbocycles. The molecular formula is C26H25N3O2. The molecule has 0 bridgehead atoms. The van der Waals surface area contributed by atoms with E-state index in [2.05, 4.69) is 45.8 Å². The minimum absolute atomic E-state index is 0.0581. The van der Waals surface area contributed by atoms with E-state index in [1.54, 1.807) is 7.11 Å². The third-order valence-corrected chi connectivity index (χ3v) is 6.24. The number of carbonyl (C=O) groups is 1. The Balaban J connectivity index is 1.20. The van der Waals surface area contributed by atoms with Gasteiger partial charge in [-0.05, 0) is 52.8 Å². The lowest BCUT2D eigenvalue weighted by Crippen LogP contribution is -2.20. The van der Waals surface area contributed by atoms with Gasteiger partial charge in [-0.15, -0.1) is 0 Å². The molecule has 0 radical (unpaired) electrons. The quantitative estimate of drug-likeness (QED) is 0.446. The van der Waals surface area contributed by atoms with Gasteiger partial charge >= 0.3 is 0 Å². The average molecular weight is 412 g/mol. The van der Waals surface area contributed by atoms with Gasteiger partial charge in [0.05, 0.1) is 13.5 Å². The molecule has 0 atom stereocenters. The Morgan fingerprint density at radius 2 is 1.84 bits per heavy atom. The van der Waals surface area contributed by atoms with Crippen LogP contribution >= 0.6 is 0 Å². The first kappa shape index (κ1) is 19.4. The number of amides is 1. The van der Waals surface area contributed by atoms with Crippen LogP contribution in [0, 0.1) is 0 Å². The van der Waals surface area contributed by atoms with Crippen molar-refractivity contribution in [3.63, 3.8) is 0 Å². The number of aromatic nitrogens is 2. The lowest BCUT2D eigenvalue weighted by atomic mass is 9.70. The number of ether oxygens (including phenoxy) is 1. The largest absolute Gasteiger partial charge is 0.497 e. The molecule has 5 nitrogen and oxygen atoms in total. The van der Waals surface area contributed by atoms with Crippen LogP contribution in [0.4, 0.5) is 5.82 Å². The second kappa shape index (κ2) is 8.26. The number of fused-ring (bicyclic) bond motifs is 1. The summed E-state index contributed by atoms with van der Waals surface area (Å²) in [6, 6.07) is 24.5. The van der Waals surface area contributed by atoms with Crippen LogP contribution in [0.25, 0.3) is 10.8 Å². The summed E-state index contributed by atoms with van der Waals surface area (Å²) in [7, 11) is 1.70. The van der Waals surface area contributed by atoms with Crippen LogP contribution in [0.15, 0.2) is 72.8 Å². The smallest absolute Gasteiger partial charge is 0.230 e. The molecular weight excluding hydrogens is 386 g/mol. The van der Waals surface area contributed by atoms with Gasteiger partial charge in [0.25, 0.3) is 0 Å². The average Bonchev–Trinajstić information content (AvgIpc) is 3.21. The molecule has 0 spiro atoms. The summed E-state index contributed by atoms with van der Waals surface area (Å²) < 4.78 is 5.34. The lowest BCUT2D eigenvalue weighted by Gasteiger charge is -2.35. The number of hydrogen-bond donors (Lipinski definition) is 2. The zero-order valence-electron chi connectivity index (χ0n) is 17.5. The number of nitrogens with zero attached hydrogens (tertiary/aromatic N) is 1. The van der Waals surface area contributed by atoms with Crippen LogP contribution in [-0.4, -0.2) is 23.2 Å². The van der Waals surface area contributed by atoms with E-state index in [4.69, 9.17) is 4.74 Å². The molecule has 0 aliphatic heterocycles. The van der Waals surface area contributed by atoms with Gasteiger partial charge in [-0.1, -0.05) is 54.6 Å². The van der Waals surface area contributed by atoms with Crippen molar-refractivity contribution in [1.29, 1.82) is 0 Å². The topological polar surface area (TPSA) is 67.0 Å². The van der Waals surface area contributed by atoms with Gasteiger partial charge in [0.2, 0.25) is 5.91 Å². The molecule has 0 unspecified atom stereocenters. The Hall–Kier alpha value is -3.60. The predicted octanol–water partition coefficient (Wildman–Crippen LogP) is 5.41. The lowest BCUT2D eigenvalue weighted by molar-refractivity contribution is -0.115. The highest BCUT2D eigenvalue weighted by Crippen LogP contribution is 2.47. The zero-order chi connectivity index (χ0) is 21.2. The zero-order valence-corrected chi connectivity index (χ0v) is 17.5. The number of aromatic amines is 1. The third kappa shape index (κ3) is 4.04. The molecule has 1 aliphatic rings. The van der Waals surface area contributed by atoms with Gasteiger partial charge in [-0.3, -0.25) is 9.89 Å². The van der Waals surface area contributed by atoms with Crippen LogP contribution in [0.2, 0.25) is 0 Å². The van der Waals surface area contributed by atoms with Crippen LogP contribution in [0.5, 0.6) is 5.75 Å². The molecule has 1 fully saturated rings. The van der Waals surface area contributed by atoms with Gasteiger partial charge in [0.15, 0.2) is 5.82 Å². The highest BCUT2D eigenvalue weighted by atomic mass is 16.5. The summed E-state index contributed by atoms with van der Waals surface area (Å²) in [6.07, 6.45) is 2.46. The molecule has 4 aromatic rings. The molecule has 5 rings (SSSR count). The van der Waals surface area contributed by atoms with Crippen molar-refractivity contribution in [1.82, 2.24) is 10.2 Å². The maximum absolute atomic E-state index is 12.6. The Morgan fingerprint density at radius 3 is 2.71 bits per heavy atom. The second-order valence-electron chi connectivity index (χ2n) is 8.21. The number of nitrogens with one attached hydrogen (secondary N) is 2. The number of H-pyrrole nitrogens is 1. The van der Waals surface area contributed by atoms with Crippen molar-refractivity contribution in [3.8, 4) is 5.75 Å². The number of methoxy groups -OCH3 is 1. The van der Waals surface area contributed by atoms with E-state index in [1.807, 2.05) is 42.5 Å². The van der Waals surface area contributed by atoms with Crippen LogP contribution in [0.1, 0.15) is 41.5 Å². The Morgan fingerprint density at radius 1 is 1.03 bits per heavy atom. The van der Waals surface area contributed by atoms with Gasteiger partial charge in [0, 0.05) is 17.7 Å². The molecule has 31 heavy (non-hydrogen) atoms. The molecule has 1 saturated carbocycles. The van der Waals surface area contributed by atoms with E-state index in [0.717, 1.165) is 40.6 Å². The fourth-order valence-corrected chi connectivity index (χ4v) is 4.46. The Kier molecular flexibility index (Phi) is 5.16. The summed E-state index contributed by atoms with van der Waals surface area (Å²) >= 11 is 0. The summed E-state index contributed by atoms with van der Waals surface area (Å²) in [5, 5.41) is 12.6. The first-order valence-corrected chi connectivity index (χ1v) is 10.7. The van der Waals surface area contributed by atoms with E-state index in [9.17, 15) is 4.79 Å². The summed E-state index contributed by atoms with van der Waals surface area (Å²) in [5.74, 6) is 2.40. The summed E-state index contributed by atoms with van der Waals surface area (Å²) in [6.45, 7) is 0. The monoisotopic (exact) mass is 411 g/mol. The summed E-state index contributed by atoms with van der Waals surface area (Å²) in [5.41, 5.74) is 3.42. The van der Waals surface area contributed by atoms with E-state index < -0.39 is 0 Å². The van der Waals surface area contributed by atoms with E-state index in [-0.39, 0.29) is 5.91 Å². The van der Waals surface area contributed by atoms with Crippen molar-refractivity contribution in [2.24, 2.45) is 0 Å². The number of carbonyl (C=O) groups excluding carboxylic acids is 1. The van der Waals surface area contributed by atoms with Gasteiger partial charge < -0.3 is 10.1 Å². The number of anilines is 1. The fraction of sp³-hybridized carbons (Fsp3) is 0.231. The molecule has 2 N–H and O–H groups in total. The van der Waals surface area contributed by atoms with Crippen molar-refractivity contribution in [2.45, 2.75) is 31.1 Å². The minimum atomic E-state index is -0.0581. The summed E-state index contributed by atoms with van der Waals surface area (Å²) in [4.78, 5) is 12.6. The predicted molar refractivity (Wildman–Crippen MR) is 123 cm³/mol. The number of benzene rings is 3. The van der Waals surface area contributed by atoms with Gasteiger partial charge in [0.1, 0.15) is 5.75 Å². The van der Waals surface area contributed by atoms with E-state index in [1.165, 1.54) is 5.56 Å². The SMILES string of the molecule is COc1cccc(C2CC(c3cc(NC(=O)Cc4cccc5ccccc45)n[nH]3)C2)c1. The first-order valence-electron chi connectivity index (χ1n) is 10.7. The van der Waals surface area contributed by atoms with Gasteiger partial charge in [-0.25, -0.2) is 0 Å². The molecule has 1 aromatic heterocycles. The molecule has 156 valence electrons. The number of rotatable bonds is 6. The standard InChI is InChI=1S/C26H25N3O2/c1-31-22-10-5-8-18(14-22)20-12-21(13-20)24-16-25(29-28-24)27-26(30)15-19-9-4-7-17-6-2-3-11-23(17)19/h2-11,14,16,20-21H,12-13,15H2,1H3,(H2,27,28,29,30). The van der Waals surface area contributed by atoms with Crippen molar-refractivity contribution >= 4 is 22.5 Å². The Labute approximate surface area is 181 Å². The van der Waals surface area contributed by atoms with Crippen LogP contribution in [-0.2, 0) is 11.2 Å². The highest BCUT2D eigenvalue weighted by molar-refractivity contribution is 5.95. The van der Waals surface area contributed by atoms with Crippen LogP contribution in [0.3, 0.4) is 0 Å². The maximum atomic E-state index is 12.6.